The molecule has 1 heteroatoms. The van der Waals surface area contributed by atoms with Gasteiger partial charge >= 0.3 is 0 Å². The van der Waals surface area contributed by atoms with Gasteiger partial charge in [-0.1, -0.05) is 37.3 Å². The van der Waals surface area contributed by atoms with E-state index in [0.717, 1.165) is 18.7 Å². The monoisotopic (exact) mass is 217 g/mol. The van der Waals surface area contributed by atoms with Crippen molar-refractivity contribution in [2.24, 2.45) is 0 Å². The summed E-state index contributed by atoms with van der Waals surface area (Å²) in [6, 6.07) is 6.71. The zero-order chi connectivity index (χ0) is 12.6. The van der Waals surface area contributed by atoms with Gasteiger partial charge in [-0.05, 0) is 31.4 Å². The molecule has 88 valence electrons. The topological polar surface area (TPSA) is 12.0 Å². The van der Waals surface area contributed by atoms with E-state index in [1.54, 1.807) is 0 Å². The van der Waals surface area contributed by atoms with Crippen LogP contribution < -0.4 is 5.32 Å². The molecule has 0 aliphatic rings. The van der Waals surface area contributed by atoms with Crippen LogP contribution in [0.1, 0.15) is 30.5 Å². The number of aryl methyl sites for hydroxylation is 2. The molecule has 0 bridgehead atoms. The Kier molecular flexibility index (Phi) is 7.02. The maximum absolute atomic E-state index is 3.82. The third-order valence-corrected chi connectivity index (χ3v) is 2.20. The summed E-state index contributed by atoms with van der Waals surface area (Å²) < 4.78 is 0. The maximum atomic E-state index is 3.82. The third kappa shape index (κ3) is 5.40. The summed E-state index contributed by atoms with van der Waals surface area (Å²) >= 11 is 0. The predicted octanol–water partition coefficient (Wildman–Crippen LogP) is 3.98. The first-order chi connectivity index (χ1) is 7.61. The quantitative estimate of drug-likeness (QED) is 0.752. The first-order valence-electron chi connectivity index (χ1n) is 5.60. The molecule has 1 N–H and O–H groups in total. The van der Waals surface area contributed by atoms with Gasteiger partial charge in [-0.3, -0.25) is 0 Å². The molecule has 1 nitrogen and oxygen atoms in total. The summed E-state index contributed by atoms with van der Waals surface area (Å²) in [6.07, 6.45) is 1.10. The van der Waals surface area contributed by atoms with Crippen LogP contribution in [0.4, 0.5) is 0 Å². The average Bonchev–Trinajstić information content (AvgIpc) is 2.28. The Balaban J connectivity index is 0.00000106. The van der Waals surface area contributed by atoms with E-state index in [9.17, 15) is 0 Å². The maximum Gasteiger partial charge on any atom is 0.0397 e. The Labute approximate surface area is 99.9 Å². The molecule has 1 aromatic carbocycles. The molecule has 1 aromatic rings. The molecule has 0 unspecified atom stereocenters. The molecule has 0 fully saturated rings. The lowest BCUT2D eigenvalue weighted by Crippen LogP contribution is -2.09. The van der Waals surface area contributed by atoms with Crippen LogP contribution in [0, 0.1) is 6.92 Å². The fourth-order valence-corrected chi connectivity index (χ4v) is 1.51. The lowest BCUT2D eigenvalue weighted by atomic mass is 10.0. The predicted molar refractivity (Wildman–Crippen MR) is 73.5 cm³/mol. The second kappa shape index (κ2) is 7.75. The highest BCUT2D eigenvalue weighted by molar-refractivity contribution is 5.29. The molecule has 0 radical (unpaired) electrons. The van der Waals surface area contributed by atoms with E-state index in [2.05, 4.69) is 57.1 Å². The van der Waals surface area contributed by atoms with Crippen LogP contribution in [0.25, 0.3) is 0 Å². The molecule has 0 aliphatic carbocycles. The Hall–Kier alpha value is -1.50. The van der Waals surface area contributed by atoms with Crippen molar-refractivity contribution in [3.05, 3.63) is 60.3 Å². The molecule has 0 amide bonds. The Morgan fingerprint density at radius 2 is 1.75 bits per heavy atom. The summed E-state index contributed by atoms with van der Waals surface area (Å²) in [4.78, 5) is 0. The molecule has 16 heavy (non-hydrogen) atoms. The fraction of sp³-hybridized carbons (Fsp3) is 0.333. The second-order valence-corrected chi connectivity index (χ2v) is 3.81. The number of benzene rings is 1. The zero-order valence-corrected chi connectivity index (χ0v) is 10.8. The molecule has 0 spiro atoms. The van der Waals surface area contributed by atoms with Crippen molar-refractivity contribution in [2.45, 2.75) is 33.7 Å². The zero-order valence-electron chi connectivity index (χ0n) is 10.8. The van der Waals surface area contributed by atoms with E-state index >= 15 is 0 Å². The Morgan fingerprint density at radius 3 is 2.25 bits per heavy atom. The standard InChI is InChI=1S/C13H19N.C2H4/c1-5-12-6-11(4)7-13(8-12)9-14-10(2)3;1-2/h6-8,14H,2,5,9H2,1,3-4H3;1-2H2. The molecule has 0 saturated carbocycles. The van der Waals surface area contributed by atoms with Gasteiger partial charge < -0.3 is 5.32 Å². The average molecular weight is 217 g/mol. The van der Waals surface area contributed by atoms with Crippen molar-refractivity contribution in [3.8, 4) is 0 Å². The van der Waals surface area contributed by atoms with Crippen LogP contribution >= 0.6 is 0 Å². The summed E-state index contributed by atoms with van der Waals surface area (Å²) in [7, 11) is 0. The number of hydrogen-bond donors (Lipinski definition) is 1. The SMILES string of the molecule is C=C.C=C(C)NCc1cc(C)cc(CC)c1. The van der Waals surface area contributed by atoms with Gasteiger partial charge in [0.2, 0.25) is 0 Å². The van der Waals surface area contributed by atoms with Crippen molar-refractivity contribution < 1.29 is 0 Å². The first kappa shape index (κ1) is 14.5. The van der Waals surface area contributed by atoms with Crippen LogP contribution in [0.2, 0.25) is 0 Å². The number of allylic oxidation sites excluding steroid dienone is 1. The highest BCUT2D eigenvalue weighted by atomic mass is 14.9. The van der Waals surface area contributed by atoms with Crippen LogP contribution in [-0.4, -0.2) is 0 Å². The molecular weight excluding hydrogens is 194 g/mol. The van der Waals surface area contributed by atoms with E-state index in [-0.39, 0.29) is 0 Å². The van der Waals surface area contributed by atoms with E-state index in [1.807, 2.05) is 6.92 Å². The summed E-state index contributed by atoms with van der Waals surface area (Å²) in [5.41, 5.74) is 5.10. The lowest BCUT2D eigenvalue weighted by molar-refractivity contribution is 0.813. The van der Waals surface area contributed by atoms with Gasteiger partial charge in [0.15, 0.2) is 0 Å². The summed E-state index contributed by atoms with van der Waals surface area (Å²) in [5.74, 6) is 0. The minimum atomic E-state index is 0.879. The Bertz CT molecular complexity index is 339. The first-order valence-corrected chi connectivity index (χ1v) is 5.60. The normalized spacial score (nSPS) is 8.94. The minimum absolute atomic E-state index is 0.879. The van der Waals surface area contributed by atoms with Gasteiger partial charge in [0.1, 0.15) is 0 Å². The van der Waals surface area contributed by atoms with E-state index < -0.39 is 0 Å². The molecule has 0 atom stereocenters. The highest BCUT2D eigenvalue weighted by Crippen LogP contribution is 2.10. The van der Waals surface area contributed by atoms with E-state index in [0.29, 0.717) is 0 Å². The second-order valence-electron chi connectivity index (χ2n) is 3.81. The van der Waals surface area contributed by atoms with Gasteiger partial charge in [0.05, 0.1) is 0 Å². The smallest absolute Gasteiger partial charge is 0.0397 e. The van der Waals surface area contributed by atoms with Crippen LogP contribution in [0.3, 0.4) is 0 Å². The van der Waals surface area contributed by atoms with E-state index in [4.69, 9.17) is 0 Å². The fourth-order valence-electron chi connectivity index (χ4n) is 1.51. The lowest BCUT2D eigenvalue weighted by Gasteiger charge is -2.08. The molecule has 1 rings (SSSR count). The molecule has 0 saturated heterocycles. The van der Waals surface area contributed by atoms with Gasteiger partial charge in [-0.2, -0.15) is 0 Å². The minimum Gasteiger partial charge on any atom is -0.385 e. The number of nitrogens with one attached hydrogen (secondary N) is 1. The summed E-state index contributed by atoms with van der Waals surface area (Å²) in [5, 5.41) is 3.25. The number of hydrogen-bond acceptors (Lipinski definition) is 1. The van der Waals surface area contributed by atoms with Gasteiger partial charge in [-0.25, -0.2) is 0 Å². The summed E-state index contributed by atoms with van der Waals surface area (Å²) in [6.45, 7) is 17.0. The van der Waals surface area contributed by atoms with Crippen LogP contribution in [0.15, 0.2) is 43.6 Å². The number of rotatable bonds is 4. The van der Waals surface area contributed by atoms with Crippen molar-refractivity contribution in [2.75, 3.05) is 0 Å². The molecule has 0 heterocycles. The Morgan fingerprint density at radius 1 is 1.19 bits per heavy atom. The van der Waals surface area contributed by atoms with Gasteiger partial charge in [0, 0.05) is 12.2 Å². The van der Waals surface area contributed by atoms with E-state index in [1.165, 1.54) is 16.7 Å². The third-order valence-electron chi connectivity index (χ3n) is 2.20. The largest absolute Gasteiger partial charge is 0.385 e. The van der Waals surface area contributed by atoms with Gasteiger partial charge in [-0.15, -0.1) is 13.2 Å². The van der Waals surface area contributed by atoms with Crippen LogP contribution in [-0.2, 0) is 13.0 Å². The van der Waals surface area contributed by atoms with Gasteiger partial charge in [0.25, 0.3) is 0 Å². The molecular formula is C15H23N. The van der Waals surface area contributed by atoms with Crippen molar-refractivity contribution in [1.29, 1.82) is 0 Å². The van der Waals surface area contributed by atoms with Crippen molar-refractivity contribution in [1.82, 2.24) is 5.32 Å². The molecule has 0 aliphatic heterocycles. The van der Waals surface area contributed by atoms with Crippen molar-refractivity contribution in [3.63, 3.8) is 0 Å². The highest BCUT2D eigenvalue weighted by Gasteiger charge is 1.97. The van der Waals surface area contributed by atoms with Crippen molar-refractivity contribution >= 4 is 0 Å². The van der Waals surface area contributed by atoms with Crippen LogP contribution in [0.5, 0.6) is 0 Å². The molecule has 0 aromatic heterocycles.